The van der Waals surface area contributed by atoms with Gasteiger partial charge in [0.25, 0.3) is 0 Å². The van der Waals surface area contributed by atoms with Crippen LogP contribution in [-0.2, 0) is 14.3 Å². The molecule has 0 bridgehead atoms. The van der Waals surface area contributed by atoms with E-state index in [1.54, 1.807) is 4.90 Å². The predicted octanol–water partition coefficient (Wildman–Crippen LogP) is 1.75. The van der Waals surface area contributed by atoms with E-state index in [4.69, 9.17) is 4.74 Å². The van der Waals surface area contributed by atoms with E-state index < -0.39 is 0 Å². The molecule has 4 nitrogen and oxygen atoms in total. The third kappa shape index (κ3) is 3.58. The summed E-state index contributed by atoms with van der Waals surface area (Å²) in [6.07, 6.45) is 4.45. The summed E-state index contributed by atoms with van der Waals surface area (Å²) in [4.78, 5) is 25.3. The first-order valence-corrected chi connectivity index (χ1v) is 6.14. The Morgan fingerprint density at radius 2 is 2.18 bits per heavy atom. The molecule has 0 saturated carbocycles. The molecular formula is C13H21NO3. The van der Waals surface area contributed by atoms with E-state index in [9.17, 15) is 9.59 Å². The number of methoxy groups -OCH3 is 1. The standard InChI is InChI=1S/C13H21NO3/c1-4-6-10(2)12(15)14-8-5-7-11(9-14)13(16)17-3/h6,11H,4-5,7-9H2,1-3H3/b10-6-/t11-/m0/s1. The van der Waals surface area contributed by atoms with Crippen molar-refractivity contribution in [2.24, 2.45) is 5.92 Å². The number of nitrogens with zero attached hydrogens (tertiary/aromatic N) is 1. The lowest BCUT2D eigenvalue weighted by Gasteiger charge is -2.31. The third-order valence-corrected chi connectivity index (χ3v) is 3.09. The van der Waals surface area contributed by atoms with Crippen LogP contribution in [-0.4, -0.2) is 37.0 Å². The first-order chi connectivity index (χ1) is 8.10. The van der Waals surface area contributed by atoms with Gasteiger partial charge in [-0.15, -0.1) is 0 Å². The van der Waals surface area contributed by atoms with Gasteiger partial charge in [0.2, 0.25) is 5.91 Å². The van der Waals surface area contributed by atoms with Gasteiger partial charge in [-0.05, 0) is 26.2 Å². The lowest BCUT2D eigenvalue weighted by molar-refractivity contribution is -0.148. The van der Waals surface area contributed by atoms with E-state index >= 15 is 0 Å². The Hall–Kier alpha value is -1.32. The normalized spacial score (nSPS) is 21.2. The molecule has 1 heterocycles. The zero-order valence-electron chi connectivity index (χ0n) is 10.9. The van der Waals surface area contributed by atoms with Gasteiger partial charge in [0.1, 0.15) is 0 Å². The molecule has 1 saturated heterocycles. The second-order valence-corrected chi connectivity index (χ2v) is 4.41. The minimum Gasteiger partial charge on any atom is -0.469 e. The molecule has 96 valence electrons. The molecule has 1 aliphatic heterocycles. The lowest BCUT2D eigenvalue weighted by Crippen LogP contribution is -2.43. The van der Waals surface area contributed by atoms with E-state index in [0.29, 0.717) is 6.54 Å². The van der Waals surface area contributed by atoms with Crippen molar-refractivity contribution in [2.75, 3.05) is 20.2 Å². The van der Waals surface area contributed by atoms with Crippen LogP contribution in [0.3, 0.4) is 0 Å². The molecule has 1 fully saturated rings. The second-order valence-electron chi connectivity index (χ2n) is 4.41. The van der Waals surface area contributed by atoms with Crippen LogP contribution in [0, 0.1) is 5.92 Å². The Bertz CT molecular complexity index is 323. The fraction of sp³-hybridized carbons (Fsp3) is 0.692. The monoisotopic (exact) mass is 239 g/mol. The minimum absolute atomic E-state index is 0.0421. The van der Waals surface area contributed by atoms with Crippen molar-refractivity contribution < 1.29 is 14.3 Å². The van der Waals surface area contributed by atoms with Crippen LogP contribution in [0.5, 0.6) is 0 Å². The molecule has 1 amide bonds. The SMILES string of the molecule is CC/C=C(/C)C(=O)N1CCC[C@H](C(=O)OC)C1. The molecule has 1 atom stereocenters. The summed E-state index contributed by atoms with van der Waals surface area (Å²) in [5, 5.41) is 0. The largest absolute Gasteiger partial charge is 0.469 e. The van der Waals surface area contributed by atoms with Gasteiger partial charge < -0.3 is 9.64 Å². The summed E-state index contributed by atoms with van der Waals surface area (Å²) in [7, 11) is 1.39. The Morgan fingerprint density at radius 1 is 1.47 bits per heavy atom. The molecule has 0 aliphatic carbocycles. The third-order valence-electron chi connectivity index (χ3n) is 3.09. The summed E-state index contributed by atoms with van der Waals surface area (Å²) in [6, 6.07) is 0. The Morgan fingerprint density at radius 3 is 2.76 bits per heavy atom. The van der Waals surface area contributed by atoms with Gasteiger partial charge in [0.15, 0.2) is 0 Å². The van der Waals surface area contributed by atoms with Gasteiger partial charge in [-0.3, -0.25) is 9.59 Å². The van der Waals surface area contributed by atoms with Gasteiger partial charge in [-0.1, -0.05) is 13.0 Å². The van der Waals surface area contributed by atoms with Crippen LogP contribution < -0.4 is 0 Å². The zero-order chi connectivity index (χ0) is 12.8. The fourth-order valence-electron chi connectivity index (χ4n) is 2.16. The Kier molecular flexibility index (Phi) is 5.19. The highest BCUT2D eigenvalue weighted by Gasteiger charge is 2.29. The highest BCUT2D eigenvalue weighted by molar-refractivity contribution is 5.93. The number of carbonyl (C=O) groups excluding carboxylic acids is 2. The number of ether oxygens (including phenoxy) is 1. The number of rotatable bonds is 3. The van der Waals surface area contributed by atoms with Crippen LogP contribution in [0.4, 0.5) is 0 Å². The number of allylic oxidation sites excluding steroid dienone is 1. The van der Waals surface area contributed by atoms with E-state index in [-0.39, 0.29) is 17.8 Å². The van der Waals surface area contributed by atoms with E-state index in [2.05, 4.69) is 0 Å². The summed E-state index contributed by atoms with van der Waals surface area (Å²) in [6.45, 7) is 5.06. The van der Waals surface area contributed by atoms with E-state index in [1.807, 2.05) is 19.9 Å². The molecule has 0 aromatic heterocycles. The van der Waals surface area contributed by atoms with Crippen molar-refractivity contribution in [3.8, 4) is 0 Å². The van der Waals surface area contributed by atoms with Crippen molar-refractivity contribution in [1.82, 2.24) is 4.90 Å². The minimum atomic E-state index is -0.209. The summed E-state index contributed by atoms with van der Waals surface area (Å²) < 4.78 is 4.73. The first-order valence-electron chi connectivity index (χ1n) is 6.14. The fourth-order valence-corrected chi connectivity index (χ4v) is 2.16. The van der Waals surface area contributed by atoms with E-state index in [0.717, 1.165) is 31.4 Å². The number of amides is 1. The van der Waals surface area contributed by atoms with Crippen molar-refractivity contribution in [3.05, 3.63) is 11.6 Å². The Labute approximate surface area is 103 Å². The highest BCUT2D eigenvalue weighted by Crippen LogP contribution is 2.19. The van der Waals surface area contributed by atoms with Crippen LogP contribution in [0.25, 0.3) is 0 Å². The maximum Gasteiger partial charge on any atom is 0.310 e. The van der Waals surface area contributed by atoms with Gasteiger partial charge in [0.05, 0.1) is 13.0 Å². The van der Waals surface area contributed by atoms with Crippen molar-refractivity contribution in [3.63, 3.8) is 0 Å². The smallest absolute Gasteiger partial charge is 0.310 e. The molecular weight excluding hydrogens is 218 g/mol. The molecule has 0 radical (unpaired) electrons. The first kappa shape index (κ1) is 13.7. The van der Waals surface area contributed by atoms with Crippen LogP contribution in [0.15, 0.2) is 11.6 Å². The molecule has 0 aromatic rings. The van der Waals surface area contributed by atoms with Gasteiger partial charge in [0, 0.05) is 18.7 Å². The van der Waals surface area contributed by atoms with Crippen molar-refractivity contribution in [2.45, 2.75) is 33.1 Å². The average Bonchev–Trinajstić information content (AvgIpc) is 2.37. The van der Waals surface area contributed by atoms with Crippen LogP contribution >= 0.6 is 0 Å². The van der Waals surface area contributed by atoms with E-state index in [1.165, 1.54) is 7.11 Å². The quantitative estimate of drug-likeness (QED) is 0.557. The molecule has 1 rings (SSSR count). The second kappa shape index (κ2) is 6.42. The van der Waals surface area contributed by atoms with Gasteiger partial charge in [-0.2, -0.15) is 0 Å². The number of carbonyl (C=O) groups is 2. The number of likely N-dealkylation sites (tertiary alicyclic amines) is 1. The summed E-state index contributed by atoms with van der Waals surface area (Å²) in [5.41, 5.74) is 0.762. The van der Waals surface area contributed by atoms with Gasteiger partial charge in [-0.25, -0.2) is 0 Å². The maximum atomic E-state index is 12.1. The number of hydrogen-bond donors (Lipinski definition) is 0. The highest BCUT2D eigenvalue weighted by atomic mass is 16.5. The molecule has 0 spiro atoms. The molecule has 4 heteroatoms. The molecule has 1 aliphatic rings. The lowest BCUT2D eigenvalue weighted by atomic mass is 9.97. The number of piperidine rings is 1. The predicted molar refractivity (Wildman–Crippen MR) is 65.4 cm³/mol. The van der Waals surface area contributed by atoms with Crippen LogP contribution in [0.2, 0.25) is 0 Å². The summed E-state index contributed by atoms with van der Waals surface area (Å²) in [5.74, 6) is -0.327. The molecule has 0 unspecified atom stereocenters. The topological polar surface area (TPSA) is 46.6 Å². The van der Waals surface area contributed by atoms with Crippen molar-refractivity contribution >= 4 is 11.9 Å². The van der Waals surface area contributed by atoms with Gasteiger partial charge >= 0.3 is 5.97 Å². The molecule has 0 aromatic carbocycles. The molecule has 0 N–H and O–H groups in total. The summed E-state index contributed by atoms with van der Waals surface area (Å²) >= 11 is 0. The number of hydrogen-bond acceptors (Lipinski definition) is 3. The number of esters is 1. The van der Waals surface area contributed by atoms with Crippen molar-refractivity contribution in [1.29, 1.82) is 0 Å². The molecule has 17 heavy (non-hydrogen) atoms. The zero-order valence-corrected chi connectivity index (χ0v) is 10.9. The average molecular weight is 239 g/mol. The van der Waals surface area contributed by atoms with Crippen LogP contribution in [0.1, 0.15) is 33.1 Å². The maximum absolute atomic E-state index is 12.1. The Balaban J connectivity index is 2.63.